The van der Waals surface area contributed by atoms with Crippen LogP contribution in [0.25, 0.3) is 0 Å². The van der Waals surface area contributed by atoms with E-state index in [1.807, 2.05) is 42.1 Å². The summed E-state index contributed by atoms with van der Waals surface area (Å²) in [7, 11) is 1.77. The molecule has 0 aliphatic heterocycles. The van der Waals surface area contributed by atoms with Crippen molar-refractivity contribution >= 4 is 17.7 Å². The Balaban J connectivity index is 1.76. The number of aliphatic imine (C=N–C) groups is 1. The highest BCUT2D eigenvalue weighted by Gasteiger charge is 2.06. The normalized spacial score (nSPS) is 12.3. The fourth-order valence-corrected chi connectivity index (χ4v) is 3.06. The van der Waals surface area contributed by atoms with E-state index in [4.69, 9.17) is 5.26 Å². The van der Waals surface area contributed by atoms with Crippen LogP contribution < -0.4 is 10.6 Å². The lowest BCUT2D eigenvalue weighted by atomic mass is 10.1. The summed E-state index contributed by atoms with van der Waals surface area (Å²) in [5.74, 6) is 0.778. The molecule has 1 unspecified atom stereocenters. The predicted octanol–water partition coefficient (Wildman–Crippen LogP) is 3.40. The highest BCUT2D eigenvalue weighted by atomic mass is 32.2. The van der Waals surface area contributed by atoms with Crippen LogP contribution in [-0.2, 0) is 6.54 Å². The van der Waals surface area contributed by atoms with Crippen molar-refractivity contribution in [3.63, 3.8) is 0 Å². The van der Waals surface area contributed by atoms with Gasteiger partial charge in [-0.1, -0.05) is 37.3 Å². The van der Waals surface area contributed by atoms with Crippen LogP contribution >= 0.6 is 11.8 Å². The smallest absolute Gasteiger partial charge is 0.191 e. The lowest BCUT2D eigenvalue weighted by Gasteiger charge is -2.16. The molecule has 0 heterocycles. The van der Waals surface area contributed by atoms with Crippen LogP contribution in [0.4, 0.5) is 0 Å². The fourth-order valence-electron chi connectivity index (χ4n) is 2.12. The summed E-state index contributed by atoms with van der Waals surface area (Å²) in [6.07, 6.45) is 0. The maximum atomic E-state index is 8.82. The van der Waals surface area contributed by atoms with Crippen molar-refractivity contribution in [2.24, 2.45) is 4.99 Å². The van der Waals surface area contributed by atoms with Crippen molar-refractivity contribution in [1.29, 1.82) is 5.26 Å². The second-order valence-corrected chi connectivity index (χ2v) is 6.87. The molecule has 0 saturated carbocycles. The molecule has 0 aliphatic rings. The summed E-state index contributed by atoms with van der Waals surface area (Å²) in [4.78, 5) is 5.52. The summed E-state index contributed by atoms with van der Waals surface area (Å²) in [5, 5.41) is 15.9. The number of guanidine groups is 1. The Morgan fingerprint density at radius 2 is 1.83 bits per heavy atom. The van der Waals surface area contributed by atoms with Gasteiger partial charge in [0.2, 0.25) is 0 Å². The number of thioether (sulfide) groups is 1. The first-order valence-corrected chi connectivity index (χ1v) is 8.74. The zero-order valence-electron chi connectivity index (χ0n) is 14.0. The Morgan fingerprint density at radius 3 is 2.46 bits per heavy atom. The van der Waals surface area contributed by atoms with Gasteiger partial charge < -0.3 is 10.6 Å². The lowest BCUT2D eigenvalue weighted by Crippen LogP contribution is -2.39. The maximum Gasteiger partial charge on any atom is 0.191 e. The van der Waals surface area contributed by atoms with Crippen LogP contribution in [-0.4, -0.2) is 24.8 Å². The number of nitrogens with one attached hydrogen (secondary N) is 2. The summed E-state index contributed by atoms with van der Waals surface area (Å²) < 4.78 is 0. The van der Waals surface area contributed by atoms with Gasteiger partial charge in [-0.15, -0.1) is 11.8 Å². The minimum absolute atomic E-state index is 0.431. The zero-order chi connectivity index (χ0) is 17.2. The average molecular weight is 338 g/mol. The topological polar surface area (TPSA) is 60.2 Å². The van der Waals surface area contributed by atoms with Gasteiger partial charge in [-0.25, -0.2) is 0 Å². The predicted molar refractivity (Wildman–Crippen MR) is 101 cm³/mol. The minimum Gasteiger partial charge on any atom is -0.355 e. The van der Waals surface area contributed by atoms with E-state index in [1.54, 1.807) is 7.05 Å². The molecule has 24 heavy (non-hydrogen) atoms. The monoisotopic (exact) mass is 338 g/mol. The number of rotatable bonds is 6. The second-order valence-electron chi connectivity index (χ2n) is 5.36. The minimum atomic E-state index is 0.431. The first-order valence-electron chi connectivity index (χ1n) is 7.86. The van der Waals surface area contributed by atoms with E-state index in [0.717, 1.165) is 18.1 Å². The van der Waals surface area contributed by atoms with E-state index in [0.29, 0.717) is 17.4 Å². The Morgan fingerprint density at radius 1 is 1.12 bits per heavy atom. The molecule has 2 N–H and O–H groups in total. The molecular weight excluding hydrogens is 316 g/mol. The van der Waals surface area contributed by atoms with Gasteiger partial charge in [-0.3, -0.25) is 4.99 Å². The van der Waals surface area contributed by atoms with Gasteiger partial charge in [0.15, 0.2) is 5.96 Å². The van der Waals surface area contributed by atoms with Crippen LogP contribution in [0, 0.1) is 11.3 Å². The molecular formula is C19H22N4S. The molecule has 0 radical (unpaired) electrons. The van der Waals surface area contributed by atoms with E-state index in [2.05, 4.69) is 52.9 Å². The van der Waals surface area contributed by atoms with E-state index >= 15 is 0 Å². The van der Waals surface area contributed by atoms with E-state index in [-0.39, 0.29) is 0 Å². The van der Waals surface area contributed by atoms with Crippen molar-refractivity contribution in [3.05, 3.63) is 65.7 Å². The molecule has 4 nitrogen and oxygen atoms in total. The third kappa shape index (κ3) is 5.98. The van der Waals surface area contributed by atoms with E-state index < -0.39 is 0 Å². The van der Waals surface area contributed by atoms with Gasteiger partial charge in [-0.05, 0) is 29.8 Å². The molecule has 0 fully saturated rings. The standard InChI is InChI=1S/C19H22N4S/c1-15(24-18-6-4-3-5-7-18)13-22-19(21-2)23-14-17-10-8-16(12-20)9-11-17/h3-11,15H,13-14H2,1-2H3,(H2,21,22,23). The van der Waals surface area contributed by atoms with E-state index in [1.165, 1.54) is 4.90 Å². The Bertz CT molecular complexity index is 690. The molecule has 2 aromatic rings. The molecule has 0 aliphatic carbocycles. The third-order valence-corrected chi connectivity index (χ3v) is 4.52. The SMILES string of the molecule is CN=C(NCc1ccc(C#N)cc1)NCC(C)Sc1ccccc1. The van der Waals surface area contributed by atoms with Crippen molar-refractivity contribution in [2.75, 3.05) is 13.6 Å². The molecule has 5 heteroatoms. The first kappa shape index (κ1) is 17.9. The molecule has 2 rings (SSSR count). The fraction of sp³-hybridized carbons (Fsp3) is 0.263. The molecule has 1 atom stereocenters. The third-order valence-electron chi connectivity index (χ3n) is 3.40. The average Bonchev–Trinajstić information content (AvgIpc) is 2.63. The first-order chi connectivity index (χ1) is 11.7. The second kappa shape index (κ2) is 9.64. The zero-order valence-corrected chi connectivity index (χ0v) is 14.8. The van der Waals surface area contributed by atoms with Crippen LogP contribution in [0.1, 0.15) is 18.1 Å². The Labute approximate surface area is 148 Å². The van der Waals surface area contributed by atoms with Crippen LogP contribution in [0.5, 0.6) is 0 Å². The molecule has 0 aromatic heterocycles. The maximum absolute atomic E-state index is 8.82. The number of nitrogens with zero attached hydrogens (tertiary/aromatic N) is 2. The molecule has 2 aromatic carbocycles. The molecule has 0 saturated heterocycles. The molecule has 0 bridgehead atoms. The summed E-state index contributed by atoms with van der Waals surface area (Å²) in [5.41, 5.74) is 1.79. The van der Waals surface area contributed by atoms with Crippen LogP contribution in [0.3, 0.4) is 0 Å². The highest BCUT2D eigenvalue weighted by molar-refractivity contribution is 8.00. The number of hydrogen-bond donors (Lipinski definition) is 2. The van der Waals surface area contributed by atoms with E-state index in [9.17, 15) is 0 Å². The summed E-state index contributed by atoms with van der Waals surface area (Å²) >= 11 is 1.84. The van der Waals surface area contributed by atoms with Gasteiger partial charge in [0, 0.05) is 30.3 Å². The van der Waals surface area contributed by atoms with Crippen molar-refractivity contribution < 1.29 is 0 Å². The summed E-state index contributed by atoms with van der Waals surface area (Å²) in [6, 6.07) is 20.1. The molecule has 0 spiro atoms. The molecule has 124 valence electrons. The van der Waals surface area contributed by atoms with Gasteiger partial charge in [0.1, 0.15) is 0 Å². The van der Waals surface area contributed by atoms with Gasteiger partial charge >= 0.3 is 0 Å². The molecule has 0 amide bonds. The quantitative estimate of drug-likeness (QED) is 0.481. The van der Waals surface area contributed by atoms with Crippen molar-refractivity contribution in [3.8, 4) is 6.07 Å². The summed E-state index contributed by atoms with van der Waals surface area (Å²) in [6.45, 7) is 3.69. The van der Waals surface area contributed by atoms with Gasteiger partial charge in [-0.2, -0.15) is 5.26 Å². The van der Waals surface area contributed by atoms with Crippen molar-refractivity contribution in [2.45, 2.75) is 23.6 Å². The van der Waals surface area contributed by atoms with Crippen LogP contribution in [0.2, 0.25) is 0 Å². The van der Waals surface area contributed by atoms with Gasteiger partial charge in [0.05, 0.1) is 11.6 Å². The van der Waals surface area contributed by atoms with Gasteiger partial charge in [0.25, 0.3) is 0 Å². The Hall–Kier alpha value is -2.45. The lowest BCUT2D eigenvalue weighted by molar-refractivity contribution is 0.790. The highest BCUT2D eigenvalue weighted by Crippen LogP contribution is 2.21. The number of nitriles is 1. The van der Waals surface area contributed by atoms with Crippen molar-refractivity contribution in [1.82, 2.24) is 10.6 Å². The largest absolute Gasteiger partial charge is 0.355 e. The van der Waals surface area contributed by atoms with Crippen LogP contribution in [0.15, 0.2) is 64.5 Å². The Kier molecular flexibility index (Phi) is 7.19. The number of benzene rings is 2. The number of hydrogen-bond acceptors (Lipinski definition) is 3.